The van der Waals surface area contributed by atoms with Crippen molar-refractivity contribution in [2.45, 2.75) is 54.0 Å². The van der Waals surface area contributed by atoms with Crippen LogP contribution in [0.3, 0.4) is 0 Å². The van der Waals surface area contributed by atoms with Crippen molar-refractivity contribution in [1.82, 2.24) is 0 Å². The van der Waals surface area contributed by atoms with Gasteiger partial charge in [0.2, 0.25) is 0 Å². The predicted molar refractivity (Wildman–Crippen MR) is 74.0 cm³/mol. The molecule has 0 radical (unpaired) electrons. The molecule has 0 amide bonds. The van der Waals surface area contributed by atoms with Crippen molar-refractivity contribution in [3.63, 3.8) is 0 Å². The van der Waals surface area contributed by atoms with Gasteiger partial charge in [0.1, 0.15) is 0 Å². The first-order chi connectivity index (χ1) is 7.21. The molecule has 0 aromatic carbocycles. The molecule has 1 aromatic rings. The molecule has 0 bridgehead atoms. The van der Waals surface area contributed by atoms with Crippen molar-refractivity contribution in [2.24, 2.45) is 17.1 Å². The molecular formula is C14H25NS. The van der Waals surface area contributed by atoms with E-state index in [2.05, 4.69) is 47.6 Å². The zero-order chi connectivity index (χ0) is 12.5. The Morgan fingerprint density at radius 1 is 1.31 bits per heavy atom. The first-order valence-corrected chi connectivity index (χ1v) is 6.86. The summed E-state index contributed by atoms with van der Waals surface area (Å²) in [4.78, 5) is 2.75. The van der Waals surface area contributed by atoms with Gasteiger partial charge < -0.3 is 5.73 Å². The van der Waals surface area contributed by atoms with Crippen LogP contribution < -0.4 is 5.73 Å². The third-order valence-electron chi connectivity index (χ3n) is 3.56. The Bertz CT molecular complexity index is 346. The van der Waals surface area contributed by atoms with Gasteiger partial charge in [0.15, 0.2) is 0 Å². The van der Waals surface area contributed by atoms with E-state index in [0.717, 1.165) is 6.42 Å². The van der Waals surface area contributed by atoms with E-state index in [4.69, 9.17) is 5.73 Å². The highest BCUT2D eigenvalue weighted by molar-refractivity contribution is 7.12. The Labute approximate surface area is 104 Å². The topological polar surface area (TPSA) is 26.0 Å². The minimum absolute atomic E-state index is 0.194. The molecule has 0 saturated carbocycles. The molecule has 0 aliphatic carbocycles. The van der Waals surface area contributed by atoms with Gasteiger partial charge in [-0.25, -0.2) is 0 Å². The van der Waals surface area contributed by atoms with Gasteiger partial charge in [0.05, 0.1) is 0 Å². The minimum Gasteiger partial charge on any atom is -0.324 e. The second-order valence-electron chi connectivity index (χ2n) is 5.98. The zero-order valence-corrected chi connectivity index (χ0v) is 12.2. The second-order valence-corrected chi connectivity index (χ2v) is 7.44. The number of thiophene rings is 1. The van der Waals surface area contributed by atoms with Gasteiger partial charge in [-0.1, -0.05) is 27.7 Å². The first kappa shape index (κ1) is 13.7. The van der Waals surface area contributed by atoms with Crippen molar-refractivity contribution in [2.75, 3.05) is 0 Å². The number of aryl methyl sites for hydroxylation is 2. The normalized spacial score (nSPS) is 16.2. The lowest BCUT2D eigenvalue weighted by Gasteiger charge is -2.29. The fourth-order valence-electron chi connectivity index (χ4n) is 1.88. The molecule has 2 N–H and O–H groups in total. The fourth-order valence-corrected chi connectivity index (χ4v) is 2.88. The predicted octanol–water partition coefficient (Wildman–Crippen LogP) is 4.44. The van der Waals surface area contributed by atoms with Crippen LogP contribution in [0.5, 0.6) is 0 Å². The summed E-state index contributed by atoms with van der Waals surface area (Å²) in [5, 5.41) is 0. The Hall–Kier alpha value is -0.340. The molecule has 1 aromatic heterocycles. The molecule has 1 nitrogen and oxygen atoms in total. The van der Waals surface area contributed by atoms with Crippen LogP contribution in [0.2, 0.25) is 0 Å². The molecule has 2 heteroatoms. The van der Waals surface area contributed by atoms with E-state index in [-0.39, 0.29) is 6.04 Å². The van der Waals surface area contributed by atoms with E-state index >= 15 is 0 Å². The summed E-state index contributed by atoms with van der Waals surface area (Å²) in [5.41, 5.74) is 8.00. The van der Waals surface area contributed by atoms with Gasteiger partial charge in [-0.05, 0) is 43.2 Å². The summed E-state index contributed by atoms with van der Waals surface area (Å²) < 4.78 is 0. The molecule has 1 heterocycles. The highest BCUT2D eigenvalue weighted by Gasteiger charge is 2.23. The summed E-state index contributed by atoms with van der Waals surface area (Å²) in [7, 11) is 0. The van der Waals surface area contributed by atoms with Crippen molar-refractivity contribution >= 4 is 11.3 Å². The molecule has 2 atom stereocenters. The lowest BCUT2D eigenvalue weighted by atomic mass is 9.78. The molecule has 2 unspecified atom stereocenters. The van der Waals surface area contributed by atoms with Crippen LogP contribution in [-0.2, 0) is 0 Å². The molecule has 16 heavy (non-hydrogen) atoms. The third-order valence-corrected chi connectivity index (χ3v) is 4.55. The van der Waals surface area contributed by atoms with Crippen LogP contribution in [0.1, 0.15) is 55.5 Å². The van der Waals surface area contributed by atoms with Crippen LogP contribution in [0.4, 0.5) is 0 Å². The van der Waals surface area contributed by atoms with Crippen LogP contribution in [0.25, 0.3) is 0 Å². The van der Waals surface area contributed by atoms with Crippen LogP contribution in [0.15, 0.2) is 6.07 Å². The van der Waals surface area contributed by atoms with Gasteiger partial charge in [-0.15, -0.1) is 11.3 Å². The number of hydrogen-bond acceptors (Lipinski definition) is 2. The third kappa shape index (κ3) is 3.33. The molecule has 0 aliphatic heterocycles. The largest absolute Gasteiger partial charge is 0.324 e. The average molecular weight is 239 g/mol. The smallest absolute Gasteiger partial charge is 0.0308 e. The maximum absolute atomic E-state index is 6.31. The van der Waals surface area contributed by atoms with Gasteiger partial charge in [0.25, 0.3) is 0 Å². The van der Waals surface area contributed by atoms with Gasteiger partial charge >= 0.3 is 0 Å². The van der Waals surface area contributed by atoms with E-state index in [9.17, 15) is 0 Å². The summed E-state index contributed by atoms with van der Waals surface area (Å²) >= 11 is 1.85. The zero-order valence-electron chi connectivity index (χ0n) is 11.4. The SMILES string of the molecule is Cc1cc(C(N)CC(C)C(C)(C)C)c(C)s1. The number of hydrogen-bond donors (Lipinski definition) is 1. The average Bonchev–Trinajstić information content (AvgIpc) is 2.43. The second kappa shape index (κ2) is 4.89. The highest BCUT2D eigenvalue weighted by Crippen LogP contribution is 2.34. The monoisotopic (exact) mass is 239 g/mol. The van der Waals surface area contributed by atoms with Crippen molar-refractivity contribution in [1.29, 1.82) is 0 Å². The molecule has 0 spiro atoms. The van der Waals surface area contributed by atoms with Gasteiger partial charge in [-0.2, -0.15) is 0 Å². The maximum atomic E-state index is 6.31. The molecule has 0 saturated heterocycles. The number of nitrogens with two attached hydrogens (primary N) is 1. The van der Waals surface area contributed by atoms with Crippen LogP contribution >= 0.6 is 11.3 Å². The number of rotatable bonds is 3. The van der Waals surface area contributed by atoms with Crippen LogP contribution in [-0.4, -0.2) is 0 Å². The van der Waals surface area contributed by atoms with E-state index < -0.39 is 0 Å². The Balaban J connectivity index is 2.73. The minimum atomic E-state index is 0.194. The lowest BCUT2D eigenvalue weighted by molar-refractivity contribution is 0.234. The Morgan fingerprint density at radius 2 is 1.88 bits per heavy atom. The fraction of sp³-hybridized carbons (Fsp3) is 0.714. The van der Waals surface area contributed by atoms with Crippen molar-refractivity contribution in [3.05, 3.63) is 21.4 Å². The summed E-state index contributed by atoms with van der Waals surface area (Å²) in [6.07, 6.45) is 1.07. The summed E-state index contributed by atoms with van der Waals surface area (Å²) in [6, 6.07) is 2.44. The molecule has 1 rings (SSSR count). The van der Waals surface area contributed by atoms with Gasteiger partial charge in [-0.3, -0.25) is 0 Å². The Kier molecular flexibility index (Phi) is 4.19. The highest BCUT2D eigenvalue weighted by atomic mass is 32.1. The van der Waals surface area contributed by atoms with Crippen molar-refractivity contribution < 1.29 is 0 Å². The standard InChI is InChI=1S/C14H25NS/c1-9(14(4,5)6)7-13(15)12-8-10(2)16-11(12)3/h8-9,13H,7,15H2,1-6H3. The lowest BCUT2D eigenvalue weighted by Crippen LogP contribution is -2.23. The van der Waals surface area contributed by atoms with Crippen LogP contribution in [0, 0.1) is 25.2 Å². The molecule has 0 aliphatic rings. The van der Waals surface area contributed by atoms with E-state index in [1.165, 1.54) is 15.3 Å². The summed E-state index contributed by atoms with van der Waals surface area (Å²) in [6.45, 7) is 13.5. The quantitative estimate of drug-likeness (QED) is 0.829. The molecule has 92 valence electrons. The van der Waals surface area contributed by atoms with E-state index in [0.29, 0.717) is 11.3 Å². The first-order valence-electron chi connectivity index (χ1n) is 6.04. The molecular weight excluding hydrogens is 214 g/mol. The Morgan fingerprint density at radius 3 is 2.25 bits per heavy atom. The van der Waals surface area contributed by atoms with Crippen molar-refractivity contribution in [3.8, 4) is 0 Å². The molecule has 0 fully saturated rings. The van der Waals surface area contributed by atoms with E-state index in [1.807, 2.05) is 11.3 Å². The van der Waals surface area contributed by atoms with E-state index in [1.54, 1.807) is 0 Å². The maximum Gasteiger partial charge on any atom is 0.0308 e. The van der Waals surface area contributed by atoms with Gasteiger partial charge in [0, 0.05) is 15.8 Å². The summed E-state index contributed by atoms with van der Waals surface area (Å²) in [5.74, 6) is 0.641.